The zero-order valence-electron chi connectivity index (χ0n) is 12.5. The zero-order valence-corrected chi connectivity index (χ0v) is 14.1. The molecule has 3 rings (SSSR count). The summed E-state index contributed by atoms with van der Waals surface area (Å²) in [5.74, 6) is 0.651. The number of aromatic nitrogens is 1. The van der Waals surface area contributed by atoms with E-state index >= 15 is 0 Å². The number of fused-ring (bicyclic) bond motifs is 1. The number of carbonyl (C=O) groups is 1. The predicted molar refractivity (Wildman–Crippen MR) is 93.9 cm³/mol. The highest BCUT2D eigenvalue weighted by atomic mass is 35.5. The average molecular weight is 348 g/mol. The van der Waals surface area contributed by atoms with Crippen molar-refractivity contribution in [2.75, 3.05) is 19.4 Å². The number of thiazole rings is 1. The van der Waals surface area contributed by atoms with Crippen LogP contribution in [-0.4, -0.2) is 30.0 Å². The number of benzene rings is 2. The number of amides is 2. The van der Waals surface area contributed by atoms with Crippen molar-refractivity contribution in [1.82, 2.24) is 9.88 Å². The molecule has 1 N–H and O–H groups in total. The maximum Gasteiger partial charge on any atom is 0.321 e. The minimum absolute atomic E-state index is 0.179. The molecule has 0 aliphatic heterocycles. The highest BCUT2D eigenvalue weighted by molar-refractivity contribution is 7.20. The van der Waals surface area contributed by atoms with Crippen LogP contribution in [0.4, 0.5) is 10.5 Å². The van der Waals surface area contributed by atoms with Gasteiger partial charge in [0, 0.05) is 24.8 Å². The van der Waals surface area contributed by atoms with Gasteiger partial charge in [-0.05, 0) is 42.5 Å². The number of carbonyl (C=O) groups excluding carboxylic acids is 1. The van der Waals surface area contributed by atoms with E-state index in [-0.39, 0.29) is 6.03 Å². The SMILES string of the molecule is CN(C)C(=O)Nc1ccc(Oc2nc3ccc(Cl)cc3s2)cc1. The Morgan fingerprint density at radius 1 is 1.22 bits per heavy atom. The first-order valence-electron chi connectivity index (χ1n) is 6.83. The van der Waals surface area contributed by atoms with Gasteiger partial charge in [0.1, 0.15) is 5.75 Å². The topological polar surface area (TPSA) is 54.5 Å². The van der Waals surface area contributed by atoms with Crippen LogP contribution in [0, 0.1) is 0 Å². The van der Waals surface area contributed by atoms with Crippen LogP contribution in [0.5, 0.6) is 10.9 Å². The lowest BCUT2D eigenvalue weighted by Crippen LogP contribution is -2.27. The first-order chi connectivity index (χ1) is 11.0. The first-order valence-corrected chi connectivity index (χ1v) is 8.03. The van der Waals surface area contributed by atoms with Crippen LogP contribution in [0.15, 0.2) is 42.5 Å². The van der Waals surface area contributed by atoms with E-state index in [1.807, 2.05) is 12.1 Å². The van der Waals surface area contributed by atoms with Crippen LogP contribution < -0.4 is 10.1 Å². The van der Waals surface area contributed by atoms with Crippen molar-refractivity contribution in [1.29, 1.82) is 0 Å². The van der Waals surface area contributed by atoms with Gasteiger partial charge in [-0.3, -0.25) is 0 Å². The molecule has 0 saturated heterocycles. The van der Waals surface area contributed by atoms with Gasteiger partial charge >= 0.3 is 6.03 Å². The molecule has 2 amide bonds. The fourth-order valence-electron chi connectivity index (χ4n) is 1.86. The Hall–Kier alpha value is -2.31. The predicted octanol–water partition coefficient (Wildman–Crippen LogP) is 4.84. The molecule has 0 aliphatic carbocycles. The third-order valence-corrected chi connectivity index (χ3v) is 4.18. The summed E-state index contributed by atoms with van der Waals surface area (Å²) in [7, 11) is 3.37. The Balaban J connectivity index is 1.73. The van der Waals surface area contributed by atoms with Crippen LogP contribution in [-0.2, 0) is 0 Å². The van der Waals surface area contributed by atoms with Gasteiger partial charge in [-0.1, -0.05) is 22.9 Å². The summed E-state index contributed by atoms with van der Waals surface area (Å²) < 4.78 is 6.73. The second-order valence-corrected chi connectivity index (χ2v) is 6.47. The minimum atomic E-state index is -0.179. The lowest BCUT2D eigenvalue weighted by Gasteiger charge is -2.12. The van der Waals surface area contributed by atoms with Crippen LogP contribution in [0.1, 0.15) is 0 Å². The Labute approximate surface area is 142 Å². The van der Waals surface area contributed by atoms with Gasteiger partial charge in [0.2, 0.25) is 0 Å². The van der Waals surface area contributed by atoms with Crippen molar-refractivity contribution in [2.45, 2.75) is 0 Å². The monoisotopic (exact) mass is 347 g/mol. The second-order valence-electron chi connectivity index (χ2n) is 5.04. The second kappa shape index (κ2) is 6.44. The van der Waals surface area contributed by atoms with Crippen molar-refractivity contribution >= 4 is 44.9 Å². The fraction of sp³-hybridized carbons (Fsp3) is 0.125. The number of halogens is 1. The van der Waals surface area contributed by atoms with E-state index in [0.717, 1.165) is 10.2 Å². The summed E-state index contributed by atoms with van der Waals surface area (Å²) >= 11 is 7.40. The fourth-order valence-corrected chi connectivity index (χ4v) is 2.97. The van der Waals surface area contributed by atoms with E-state index < -0.39 is 0 Å². The molecule has 0 aliphatic rings. The highest BCUT2D eigenvalue weighted by Gasteiger charge is 2.08. The smallest absolute Gasteiger partial charge is 0.321 e. The van der Waals surface area contributed by atoms with Crippen molar-refractivity contribution < 1.29 is 9.53 Å². The number of ether oxygens (including phenoxy) is 1. The molecular weight excluding hydrogens is 334 g/mol. The number of hydrogen-bond acceptors (Lipinski definition) is 4. The Kier molecular flexibility index (Phi) is 4.36. The third-order valence-electron chi connectivity index (χ3n) is 3.05. The maximum atomic E-state index is 11.6. The highest BCUT2D eigenvalue weighted by Crippen LogP contribution is 2.33. The molecule has 1 aromatic heterocycles. The van der Waals surface area contributed by atoms with E-state index in [2.05, 4.69) is 10.3 Å². The number of rotatable bonds is 3. The summed E-state index contributed by atoms with van der Waals surface area (Å²) in [6.07, 6.45) is 0. The molecule has 0 bridgehead atoms. The number of anilines is 1. The third kappa shape index (κ3) is 3.72. The average Bonchev–Trinajstić information content (AvgIpc) is 2.90. The molecule has 0 unspecified atom stereocenters. The molecule has 3 aromatic rings. The van der Waals surface area contributed by atoms with Crippen LogP contribution in [0.25, 0.3) is 10.2 Å². The van der Waals surface area contributed by atoms with Crippen LogP contribution in [0.3, 0.4) is 0 Å². The Morgan fingerprint density at radius 3 is 2.65 bits per heavy atom. The van der Waals surface area contributed by atoms with Gasteiger partial charge in [0.25, 0.3) is 5.19 Å². The minimum Gasteiger partial charge on any atom is -0.431 e. The van der Waals surface area contributed by atoms with Gasteiger partial charge in [-0.15, -0.1) is 0 Å². The summed E-state index contributed by atoms with van der Waals surface area (Å²) in [5, 5.41) is 3.99. The molecule has 23 heavy (non-hydrogen) atoms. The van der Waals surface area contributed by atoms with Crippen molar-refractivity contribution in [3.05, 3.63) is 47.5 Å². The molecule has 2 aromatic carbocycles. The molecule has 1 heterocycles. The molecule has 118 valence electrons. The molecule has 0 saturated carbocycles. The van der Waals surface area contributed by atoms with Crippen LogP contribution >= 0.6 is 22.9 Å². The Morgan fingerprint density at radius 2 is 1.96 bits per heavy atom. The number of urea groups is 1. The standard InChI is InChI=1S/C16H14ClN3O2S/c1-20(2)15(21)18-11-4-6-12(7-5-11)22-16-19-13-8-3-10(17)9-14(13)23-16/h3-9H,1-2H3,(H,18,21). The molecular formula is C16H14ClN3O2S. The molecule has 7 heteroatoms. The zero-order chi connectivity index (χ0) is 16.4. The molecule has 0 atom stereocenters. The Bertz CT molecular complexity index is 846. The van der Waals surface area contributed by atoms with E-state index in [1.165, 1.54) is 16.2 Å². The van der Waals surface area contributed by atoms with Gasteiger partial charge in [-0.25, -0.2) is 9.78 Å². The summed E-state index contributed by atoms with van der Waals surface area (Å²) in [4.78, 5) is 17.5. The number of hydrogen-bond donors (Lipinski definition) is 1. The molecule has 5 nitrogen and oxygen atoms in total. The van der Waals surface area contributed by atoms with Crippen molar-refractivity contribution in [3.8, 4) is 10.9 Å². The normalized spacial score (nSPS) is 10.6. The summed E-state index contributed by atoms with van der Waals surface area (Å²) in [6, 6.07) is 12.5. The molecule has 0 radical (unpaired) electrons. The quantitative estimate of drug-likeness (QED) is 0.737. The lowest BCUT2D eigenvalue weighted by atomic mass is 10.3. The number of nitrogens with zero attached hydrogens (tertiary/aromatic N) is 2. The summed E-state index contributed by atoms with van der Waals surface area (Å²) in [5.41, 5.74) is 1.55. The maximum absolute atomic E-state index is 11.6. The van der Waals surface area contributed by atoms with Gasteiger partial charge in [0.05, 0.1) is 10.2 Å². The number of nitrogens with one attached hydrogen (secondary N) is 1. The summed E-state index contributed by atoms with van der Waals surface area (Å²) in [6.45, 7) is 0. The van der Waals surface area contributed by atoms with Gasteiger partial charge < -0.3 is 15.0 Å². The van der Waals surface area contributed by atoms with Gasteiger partial charge in [-0.2, -0.15) is 0 Å². The molecule has 0 fully saturated rings. The van der Waals surface area contributed by atoms with E-state index in [4.69, 9.17) is 16.3 Å². The molecule has 0 spiro atoms. The van der Waals surface area contributed by atoms with Crippen molar-refractivity contribution in [2.24, 2.45) is 0 Å². The van der Waals surface area contributed by atoms with E-state index in [9.17, 15) is 4.79 Å². The largest absolute Gasteiger partial charge is 0.431 e. The van der Waals surface area contributed by atoms with Crippen molar-refractivity contribution in [3.63, 3.8) is 0 Å². The van der Waals surface area contributed by atoms with Gasteiger partial charge in [0.15, 0.2) is 0 Å². The van der Waals surface area contributed by atoms with E-state index in [1.54, 1.807) is 44.4 Å². The lowest BCUT2D eigenvalue weighted by molar-refractivity contribution is 0.230. The van der Waals surface area contributed by atoms with E-state index in [0.29, 0.717) is 21.7 Å². The first kappa shape index (κ1) is 15.6. The van der Waals surface area contributed by atoms with Crippen LogP contribution in [0.2, 0.25) is 5.02 Å².